The van der Waals surface area contributed by atoms with Gasteiger partial charge in [0.2, 0.25) is 0 Å². The summed E-state index contributed by atoms with van der Waals surface area (Å²) in [6.45, 7) is 2.58. The second-order valence-electron chi connectivity index (χ2n) is 8.32. The first-order chi connectivity index (χ1) is 17.0. The maximum Gasteiger partial charge on any atom is 0.296 e. The summed E-state index contributed by atoms with van der Waals surface area (Å²) in [6, 6.07) is 21.4. The molecule has 1 unspecified atom stereocenters. The normalized spacial score (nSPS) is 17.2. The minimum atomic E-state index is -0.716. The van der Waals surface area contributed by atoms with Gasteiger partial charge in [-0.05, 0) is 60.3 Å². The zero-order valence-electron chi connectivity index (χ0n) is 19.0. The highest BCUT2D eigenvalue weighted by Crippen LogP contribution is 2.42. The van der Waals surface area contributed by atoms with Crippen molar-refractivity contribution in [1.82, 2.24) is 4.90 Å². The van der Waals surface area contributed by atoms with Gasteiger partial charge in [0.05, 0.1) is 18.4 Å². The van der Waals surface area contributed by atoms with E-state index in [1.165, 1.54) is 22.5 Å². The highest BCUT2D eigenvalue weighted by molar-refractivity contribution is 7.10. The Bertz CT molecular complexity index is 1370. The highest BCUT2D eigenvalue weighted by Gasteiger charge is 2.46. The Balaban J connectivity index is 1.43. The van der Waals surface area contributed by atoms with Gasteiger partial charge in [-0.15, -0.1) is 11.3 Å². The number of carbonyl (C=O) groups excluding carboxylic acids is 2. The van der Waals surface area contributed by atoms with Gasteiger partial charge in [-0.2, -0.15) is 0 Å². The molecule has 1 aliphatic heterocycles. The largest absolute Gasteiger partial charge is 0.507 e. The van der Waals surface area contributed by atoms with Crippen LogP contribution in [-0.2, 0) is 22.7 Å². The van der Waals surface area contributed by atoms with Gasteiger partial charge in [0.15, 0.2) is 0 Å². The smallest absolute Gasteiger partial charge is 0.296 e. The number of carbonyl (C=O) groups is 2. The van der Waals surface area contributed by atoms with Gasteiger partial charge < -0.3 is 19.2 Å². The van der Waals surface area contributed by atoms with Crippen molar-refractivity contribution in [3.63, 3.8) is 0 Å². The Morgan fingerprint density at radius 3 is 2.57 bits per heavy atom. The maximum atomic E-state index is 13.1. The third kappa shape index (κ3) is 4.63. The van der Waals surface area contributed by atoms with Crippen LogP contribution in [0.25, 0.3) is 5.76 Å². The van der Waals surface area contributed by atoms with E-state index in [1.54, 1.807) is 36.4 Å². The summed E-state index contributed by atoms with van der Waals surface area (Å²) in [6.07, 6.45) is 1.52. The number of thiophene rings is 1. The summed E-state index contributed by atoms with van der Waals surface area (Å²) < 4.78 is 11.3. The highest BCUT2D eigenvalue weighted by atomic mass is 32.1. The van der Waals surface area contributed by atoms with Crippen LogP contribution in [0.5, 0.6) is 5.75 Å². The van der Waals surface area contributed by atoms with Gasteiger partial charge in [-0.3, -0.25) is 9.59 Å². The number of rotatable bonds is 7. The molecular formula is C28H23NO5S. The summed E-state index contributed by atoms with van der Waals surface area (Å²) in [7, 11) is 0. The molecule has 176 valence electrons. The molecule has 0 spiro atoms. The molecule has 3 heterocycles. The molecule has 0 aliphatic carbocycles. The average Bonchev–Trinajstić information content (AvgIpc) is 3.62. The number of aliphatic hydroxyl groups excluding tert-OH is 1. The number of ketones is 1. The molecule has 0 bridgehead atoms. The molecule has 7 heteroatoms. The number of likely N-dealkylation sites (tertiary alicyclic amines) is 1. The molecule has 2 aromatic carbocycles. The molecule has 1 amide bonds. The lowest BCUT2D eigenvalue weighted by Gasteiger charge is -2.23. The number of hydrogen-bond donors (Lipinski definition) is 1. The third-order valence-electron chi connectivity index (χ3n) is 5.87. The van der Waals surface area contributed by atoms with Crippen LogP contribution in [0.2, 0.25) is 0 Å². The molecule has 1 fully saturated rings. The lowest BCUT2D eigenvalue weighted by Crippen LogP contribution is -2.28. The van der Waals surface area contributed by atoms with Gasteiger partial charge in [-0.25, -0.2) is 0 Å². The Labute approximate surface area is 206 Å². The van der Waals surface area contributed by atoms with E-state index in [2.05, 4.69) is 6.07 Å². The van der Waals surface area contributed by atoms with Crippen LogP contribution in [0.4, 0.5) is 0 Å². The fourth-order valence-corrected chi connectivity index (χ4v) is 5.03. The second kappa shape index (κ2) is 9.64. The number of Topliss-reactive ketones (excluding diaryl/α,β-unsaturated/α-hetero) is 1. The van der Waals surface area contributed by atoms with Crippen molar-refractivity contribution in [2.75, 3.05) is 0 Å². The number of aliphatic hydroxyl groups is 1. The third-order valence-corrected chi connectivity index (χ3v) is 6.80. The first-order valence-electron chi connectivity index (χ1n) is 11.1. The van der Waals surface area contributed by atoms with E-state index in [4.69, 9.17) is 9.15 Å². The van der Waals surface area contributed by atoms with Crippen molar-refractivity contribution in [3.05, 3.63) is 117 Å². The van der Waals surface area contributed by atoms with Crippen LogP contribution in [0.1, 0.15) is 33.4 Å². The number of ether oxygens (including phenoxy) is 1. The van der Waals surface area contributed by atoms with Crippen molar-refractivity contribution in [2.45, 2.75) is 26.1 Å². The maximum absolute atomic E-state index is 13.1. The molecule has 1 aliphatic rings. The minimum Gasteiger partial charge on any atom is -0.507 e. The van der Waals surface area contributed by atoms with Gasteiger partial charge in [0.25, 0.3) is 11.7 Å². The fourth-order valence-electron chi connectivity index (χ4n) is 4.19. The number of hydrogen-bond acceptors (Lipinski definition) is 6. The van der Waals surface area contributed by atoms with Gasteiger partial charge in [0, 0.05) is 10.4 Å². The number of aryl methyl sites for hydroxylation is 1. The topological polar surface area (TPSA) is 80.0 Å². The SMILES string of the molecule is Cc1cccc(COc2ccc(/C(O)=C3\C(=O)C(=O)N(Cc4ccco4)C3c3cccs3)cc2)c1. The van der Waals surface area contributed by atoms with Crippen molar-refractivity contribution in [1.29, 1.82) is 0 Å². The monoisotopic (exact) mass is 485 g/mol. The van der Waals surface area contributed by atoms with Crippen LogP contribution in [0, 0.1) is 6.92 Å². The van der Waals surface area contributed by atoms with Crippen LogP contribution in [-0.4, -0.2) is 21.7 Å². The summed E-state index contributed by atoms with van der Waals surface area (Å²) in [4.78, 5) is 28.2. The fraction of sp³-hybridized carbons (Fsp3) is 0.143. The molecule has 0 saturated carbocycles. The zero-order valence-corrected chi connectivity index (χ0v) is 19.8. The van der Waals surface area contributed by atoms with Gasteiger partial charge in [-0.1, -0.05) is 35.9 Å². The summed E-state index contributed by atoms with van der Waals surface area (Å²) >= 11 is 1.42. The van der Waals surface area contributed by atoms with E-state index >= 15 is 0 Å². The first-order valence-corrected chi connectivity index (χ1v) is 12.0. The Hall–Kier alpha value is -4.10. The van der Waals surface area contributed by atoms with Gasteiger partial charge >= 0.3 is 0 Å². The standard InChI is InChI=1S/C28H23NO5S/c1-18-5-2-6-19(15-18)17-34-21-11-9-20(10-12-21)26(30)24-25(23-8-4-14-35-23)29(28(32)27(24)31)16-22-7-3-13-33-22/h2-15,25,30H,16-17H2,1H3/b26-24+. The van der Waals surface area contributed by atoms with Crippen LogP contribution in [0.3, 0.4) is 0 Å². The number of furan rings is 1. The number of benzene rings is 2. The minimum absolute atomic E-state index is 0.0671. The summed E-state index contributed by atoms with van der Waals surface area (Å²) in [5, 5.41) is 13.0. The van der Waals surface area contributed by atoms with E-state index < -0.39 is 17.7 Å². The van der Waals surface area contributed by atoms with E-state index in [9.17, 15) is 14.7 Å². The summed E-state index contributed by atoms with van der Waals surface area (Å²) in [5.74, 6) is -0.402. The molecule has 35 heavy (non-hydrogen) atoms. The van der Waals surface area contributed by atoms with Crippen molar-refractivity contribution >= 4 is 28.8 Å². The van der Waals surface area contributed by atoms with Crippen molar-refractivity contribution < 1.29 is 23.8 Å². The predicted octanol–water partition coefficient (Wildman–Crippen LogP) is 5.85. The average molecular weight is 486 g/mol. The molecule has 1 N–H and O–H groups in total. The molecular weight excluding hydrogens is 462 g/mol. The Morgan fingerprint density at radius 1 is 1.06 bits per heavy atom. The molecule has 1 saturated heterocycles. The molecule has 0 radical (unpaired) electrons. The first kappa shape index (κ1) is 22.7. The molecule has 6 nitrogen and oxygen atoms in total. The van der Waals surface area contributed by atoms with E-state index in [0.29, 0.717) is 23.7 Å². The Kier molecular flexibility index (Phi) is 6.25. The lowest BCUT2D eigenvalue weighted by molar-refractivity contribution is -0.140. The molecule has 5 rings (SSSR count). The van der Waals surface area contributed by atoms with E-state index in [0.717, 1.165) is 16.0 Å². The molecule has 2 aromatic heterocycles. The molecule has 4 aromatic rings. The summed E-state index contributed by atoms with van der Waals surface area (Å²) in [5.41, 5.74) is 2.72. The second-order valence-corrected chi connectivity index (χ2v) is 9.30. The quantitative estimate of drug-likeness (QED) is 0.202. The van der Waals surface area contributed by atoms with Crippen LogP contribution in [0.15, 0.2) is 94.4 Å². The van der Waals surface area contributed by atoms with Crippen molar-refractivity contribution in [3.8, 4) is 5.75 Å². The van der Waals surface area contributed by atoms with E-state index in [1.807, 2.05) is 42.6 Å². The molecule has 1 atom stereocenters. The Morgan fingerprint density at radius 2 is 1.89 bits per heavy atom. The predicted molar refractivity (Wildman–Crippen MR) is 133 cm³/mol. The lowest BCUT2D eigenvalue weighted by atomic mass is 10.00. The zero-order chi connectivity index (χ0) is 24.4. The van der Waals surface area contributed by atoms with E-state index in [-0.39, 0.29) is 17.9 Å². The van der Waals surface area contributed by atoms with Gasteiger partial charge in [0.1, 0.15) is 29.9 Å². The number of nitrogens with zero attached hydrogens (tertiary/aromatic N) is 1. The van der Waals surface area contributed by atoms with Crippen molar-refractivity contribution in [2.24, 2.45) is 0 Å². The van der Waals surface area contributed by atoms with Crippen LogP contribution < -0.4 is 4.74 Å². The number of amides is 1. The van der Waals surface area contributed by atoms with Crippen LogP contribution >= 0.6 is 11.3 Å².